The molecule has 0 spiro atoms. The van der Waals surface area contributed by atoms with Gasteiger partial charge in [0, 0.05) is 19.7 Å². The zero-order valence-electron chi connectivity index (χ0n) is 11.4. The first-order valence-electron chi connectivity index (χ1n) is 6.62. The van der Waals surface area contributed by atoms with Crippen LogP contribution in [-0.4, -0.2) is 0 Å². The number of hydrogen-bond acceptors (Lipinski definition) is 3. The third-order valence-corrected chi connectivity index (χ3v) is 5.30. The second-order valence-corrected chi connectivity index (χ2v) is 6.83. The molecule has 1 N–H and O–H groups in total. The summed E-state index contributed by atoms with van der Waals surface area (Å²) in [6, 6.07) is 18.6. The number of benzene rings is 2. The van der Waals surface area contributed by atoms with Crippen molar-refractivity contribution in [3.05, 3.63) is 63.4 Å². The predicted molar refractivity (Wildman–Crippen MR) is 92.7 cm³/mol. The maximum atomic E-state index is 8.90. The van der Waals surface area contributed by atoms with E-state index in [0.29, 0.717) is 5.56 Å². The largest absolute Gasteiger partial charge is 0.377 e. The van der Waals surface area contributed by atoms with E-state index >= 15 is 0 Å². The van der Waals surface area contributed by atoms with Gasteiger partial charge in [0.15, 0.2) is 0 Å². The van der Waals surface area contributed by atoms with E-state index in [1.165, 1.54) is 15.0 Å². The zero-order valence-corrected chi connectivity index (χ0v) is 13.8. The van der Waals surface area contributed by atoms with E-state index in [-0.39, 0.29) is 6.04 Å². The van der Waals surface area contributed by atoms with Crippen LogP contribution in [-0.2, 0) is 0 Å². The van der Waals surface area contributed by atoms with Crippen LogP contribution in [0.2, 0.25) is 0 Å². The molecule has 3 rings (SSSR count). The van der Waals surface area contributed by atoms with Gasteiger partial charge in [-0.2, -0.15) is 5.26 Å². The highest BCUT2D eigenvalue weighted by Crippen LogP contribution is 2.33. The summed E-state index contributed by atoms with van der Waals surface area (Å²) in [6.45, 7) is 2.15. The monoisotopic (exact) mass is 356 g/mol. The van der Waals surface area contributed by atoms with Gasteiger partial charge in [-0.05, 0) is 58.6 Å². The molecule has 104 valence electrons. The van der Waals surface area contributed by atoms with E-state index in [1.54, 1.807) is 0 Å². The molecular formula is C17H13BrN2S. The third kappa shape index (κ3) is 2.94. The van der Waals surface area contributed by atoms with Crippen molar-refractivity contribution in [2.45, 2.75) is 13.0 Å². The first-order chi connectivity index (χ1) is 10.2. The van der Waals surface area contributed by atoms with Crippen LogP contribution in [0.15, 0.2) is 53.0 Å². The SMILES string of the molecule is CC(Nc1ccc(C#N)cc1Br)c1cc2ccccc2s1. The summed E-state index contributed by atoms with van der Waals surface area (Å²) in [5.74, 6) is 0. The molecule has 4 heteroatoms. The van der Waals surface area contributed by atoms with E-state index in [4.69, 9.17) is 5.26 Å². The first kappa shape index (κ1) is 14.1. The standard InChI is InChI=1S/C17H13BrN2S/c1-11(17-9-13-4-2-3-5-16(13)21-17)20-15-7-6-12(10-19)8-14(15)18/h2-9,11,20H,1H3. The summed E-state index contributed by atoms with van der Waals surface area (Å²) < 4.78 is 2.22. The molecule has 0 bridgehead atoms. The number of halogens is 1. The molecule has 0 amide bonds. The molecule has 0 fully saturated rings. The van der Waals surface area contributed by atoms with Gasteiger partial charge in [-0.25, -0.2) is 0 Å². The highest BCUT2D eigenvalue weighted by Gasteiger charge is 2.11. The molecule has 2 aromatic carbocycles. The normalized spacial score (nSPS) is 12.0. The summed E-state index contributed by atoms with van der Waals surface area (Å²) in [4.78, 5) is 1.30. The summed E-state index contributed by atoms with van der Waals surface area (Å²) in [7, 11) is 0. The van der Waals surface area contributed by atoms with Gasteiger partial charge in [0.25, 0.3) is 0 Å². The van der Waals surface area contributed by atoms with Gasteiger partial charge in [0.2, 0.25) is 0 Å². The minimum Gasteiger partial charge on any atom is -0.377 e. The van der Waals surface area contributed by atoms with Crippen LogP contribution in [0.5, 0.6) is 0 Å². The number of nitriles is 1. The van der Waals surface area contributed by atoms with Gasteiger partial charge < -0.3 is 5.32 Å². The lowest BCUT2D eigenvalue weighted by Gasteiger charge is -2.15. The lowest BCUT2D eigenvalue weighted by Crippen LogP contribution is -2.05. The first-order valence-corrected chi connectivity index (χ1v) is 8.23. The number of thiophene rings is 1. The van der Waals surface area contributed by atoms with Gasteiger partial charge in [-0.1, -0.05) is 18.2 Å². The summed E-state index contributed by atoms with van der Waals surface area (Å²) in [5, 5.41) is 13.7. The minimum atomic E-state index is 0.214. The van der Waals surface area contributed by atoms with Crippen molar-refractivity contribution in [1.29, 1.82) is 5.26 Å². The Morgan fingerprint density at radius 2 is 2.00 bits per heavy atom. The summed E-state index contributed by atoms with van der Waals surface area (Å²) in [5.41, 5.74) is 1.65. The Morgan fingerprint density at radius 1 is 1.19 bits per heavy atom. The van der Waals surface area contributed by atoms with Crippen LogP contribution >= 0.6 is 27.3 Å². The molecule has 0 aliphatic rings. The molecule has 0 aliphatic carbocycles. The Bertz CT molecular complexity index is 799. The lowest BCUT2D eigenvalue weighted by atomic mass is 10.2. The maximum absolute atomic E-state index is 8.90. The molecule has 2 nitrogen and oxygen atoms in total. The quantitative estimate of drug-likeness (QED) is 0.652. The van der Waals surface area contributed by atoms with Crippen LogP contribution in [0.4, 0.5) is 5.69 Å². The van der Waals surface area contributed by atoms with E-state index in [1.807, 2.05) is 29.5 Å². The molecule has 1 atom stereocenters. The highest BCUT2D eigenvalue weighted by atomic mass is 79.9. The van der Waals surface area contributed by atoms with Crippen LogP contribution in [0.1, 0.15) is 23.4 Å². The topological polar surface area (TPSA) is 35.8 Å². The third-order valence-electron chi connectivity index (χ3n) is 3.34. The predicted octanol–water partition coefficient (Wildman–Crippen LogP) is 5.71. The fourth-order valence-electron chi connectivity index (χ4n) is 2.22. The van der Waals surface area contributed by atoms with Gasteiger partial charge >= 0.3 is 0 Å². The molecule has 0 aliphatic heterocycles. The number of hydrogen-bond donors (Lipinski definition) is 1. The second-order valence-electron chi connectivity index (χ2n) is 4.86. The van der Waals surface area contributed by atoms with Crippen LogP contribution < -0.4 is 5.32 Å². The van der Waals surface area contributed by atoms with Gasteiger partial charge in [0.05, 0.1) is 17.7 Å². The van der Waals surface area contributed by atoms with Gasteiger partial charge in [-0.15, -0.1) is 11.3 Å². The average molecular weight is 357 g/mol. The fraction of sp³-hybridized carbons (Fsp3) is 0.118. The molecule has 0 saturated heterocycles. The minimum absolute atomic E-state index is 0.214. The van der Waals surface area contributed by atoms with Crippen molar-refractivity contribution in [3.63, 3.8) is 0 Å². The lowest BCUT2D eigenvalue weighted by molar-refractivity contribution is 0.907. The highest BCUT2D eigenvalue weighted by molar-refractivity contribution is 9.10. The Labute approximate surface area is 136 Å². The van der Waals surface area contributed by atoms with Crippen molar-refractivity contribution in [1.82, 2.24) is 0 Å². The molecule has 0 radical (unpaired) electrons. The van der Waals surface area contributed by atoms with E-state index in [2.05, 4.69) is 64.6 Å². The van der Waals surface area contributed by atoms with Crippen LogP contribution in [0, 0.1) is 11.3 Å². The van der Waals surface area contributed by atoms with Crippen molar-refractivity contribution in [2.75, 3.05) is 5.32 Å². The number of rotatable bonds is 3. The molecular weight excluding hydrogens is 344 g/mol. The second kappa shape index (κ2) is 5.88. The van der Waals surface area contributed by atoms with Gasteiger partial charge in [0.1, 0.15) is 0 Å². The maximum Gasteiger partial charge on any atom is 0.0992 e. The Morgan fingerprint density at radius 3 is 2.71 bits per heavy atom. The van der Waals surface area contributed by atoms with E-state index in [0.717, 1.165) is 10.2 Å². The molecule has 21 heavy (non-hydrogen) atoms. The van der Waals surface area contributed by atoms with Crippen molar-refractivity contribution < 1.29 is 0 Å². The van der Waals surface area contributed by atoms with Crippen molar-refractivity contribution >= 4 is 43.0 Å². The summed E-state index contributed by atoms with van der Waals surface area (Å²) >= 11 is 5.32. The van der Waals surface area contributed by atoms with Crippen LogP contribution in [0.25, 0.3) is 10.1 Å². The number of nitrogens with one attached hydrogen (secondary N) is 1. The fourth-order valence-corrected chi connectivity index (χ4v) is 3.78. The molecule has 1 aromatic heterocycles. The Balaban J connectivity index is 1.86. The average Bonchev–Trinajstić information content (AvgIpc) is 2.93. The van der Waals surface area contributed by atoms with Crippen molar-refractivity contribution in [2.24, 2.45) is 0 Å². The molecule has 3 aromatic rings. The molecule has 1 heterocycles. The Hall–Kier alpha value is -1.83. The molecule has 1 unspecified atom stereocenters. The number of anilines is 1. The smallest absolute Gasteiger partial charge is 0.0992 e. The van der Waals surface area contributed by atoms with Gasteiger partial charge in [-0.3, -0.25) is 0 Å². The van der Waals surface area contributed by atoms with Crippen molar-refractivity contribution in [3.8, 4) is 6.07 Å². The Kier molecular flexibility index (Phi) is 3.96. The zero-order chi connectivity index (χ0) is 14.8. The number of fused-ring (bicyclic) bond motifs is 1. The molecule has 0 saturated carbocycles. The van der Waals surface area contributed by atoms with E-state index < -0.39 is 0 Å². The summed E-state index contributed by atoms with van der Waals surface area (Å²) in [6.07, 6.45) is 0. The van der Waals surface area contributed by atoms with E-state index in [9.17, 15) is 0 Å². The van der Waals surface area contributed by atoms with Crippen LogP contribution in [0.3, 0.4) is 0 Å². The number of nitrogens with zero attached hydrogens (tertiary/aromatic N) is 1.